The van der Waals surface area contributed by atoms with Crippen LogP contribution in [0.2, 0.25) is 0 Å². The maximum Gasteiger partial charge on any atom is 0.306 e. The third-order valence-electron chi connectivity index (χ3n) is 3.21. The first-order valence-corrected chi connectivity index (χ1v) is 8.77. The van der Waals surface area contributed by atoms with E-state index in [9.17, 15) is 4.79 Å². The molecule has 0 bridgehead atoms. The molecule has 0 aliphatic heterocycles. The van der Waals surface area contributed by atoms with Crippen LogP contribution in [0.5, 0.6) is 0 Å². The molecule has 4 heteroatoms. The zero-order valence-electron chi connectivity index (χ0n) is 12.1. The predicted molar refractivity (Wildman–Crippen MR) is 90.0 cm³/mol. The molecular weight excluding hydrogens is 384 g/mol. The lowest BCUT2D eigenvalue weighted by molar-refractivity contribution is -0.144. The lowest BCUT2D eigenvalue weighted by Crippen LogP contribution is -2.12. The van der Waals surface area contributed by atoms with Gasteiger partial charge in [-0.25, -0.2) is 0 Å². The molecule has 1 unspecified atom stereocenters. The summed E-state index contributed by atoms with van der Waals surface area (Å²) in [6, 6.07) is 6.12. The molecule has 1 aromatic carbocycles. The van der Waals surface area contributed by atoms with Crippen LogP contribution in [0.1, 0.15) is 57.4 Å². The molecule has 2 nitrogen and oxygen atoms in total. The second-order valence-electron chi connectivity index (χ2n) is 4.93. The van der Waals surface area contributed by atoms with Crippen molar-refractivity contribution < 1.29 is 9.53 Å². The van der Waals surface area contributed by atoms with Gasteiger partial charge in [-0.15, -0.1) is 0 Å². The maximum atomic E-state index is 11.9. The number of esters is 1. The van der Waals surface area contributed by atoms with E-state index >= 15 is 0 Å². The molecule has 0 saturated carbocycles. The molecule has 1 aromatic rings. The molecule has 0 spiro atoms. The minimum absolute atomic E-state index is 0.0910. The minimum atomic E-state index is -0.0910. The van der Waals surface area contributed by atoms with Gasteiger partial charge in [0.05, 0.1) is 13.0 Å². The number of carbonyl (C=O) groups is 1. The van der Waals surface area contributed by atoms with Gasteiger partial charge in [0, 0.05) is 8.95 Å². The topological polar surface area (TPSA) is 26.3 Å². The van der Waals surface area contributed by atoms with Crippen LogP contribution in [0.3, 0.4) is 0 Å². The standard InChI is InChI=1S/C16H22Br2O2/c1-3-5-9-20-16(19)10-12(6-4-2)14-8-7-13(17)11-15(14)18/h7-8,11-12H,3-6,9-10H2,1-2H3. The summed E-state index contributed by atoms with van der Waals surface area (Å²) in [7, 11) is 0. The van der Waals surface area contributed by atoms with Gasteiger partial charge in [-0.2, -0.15) is 0 Å². The van der Waals surface area contributed by atoms with Crippen LogP contribution in [0.25, 0.3) is 0 Å². The van der Waals surface area contributed by atoms with Gasteiger partial charge >= 0.3 is 5.97 Å². The molecular formula is C16H22Br2O2. The lowest BCUT2D eigenvalue weighted by Gasteiger charge is -2.17. The van der Waals surface area contributed by atoms with Gasteiger partial charge in [-0.1, -0.05) is 64.6 Å². The summed E-state index contributed by atoms with van der Waals surface area (Å²) in [5.41, 5.74) is 1.18. The Bertz CT molecular complexity index is 432. The molecule has 0 aliphatic rings. The van der Waals surface area contributed by atoms with E-state index in [4.69, 9.17) is 4.74 Å². The van der Waals surface area contributed by atoms with Gasteiger partial charge in [0.1, 0.15) is 0 Å². The van der Waals surface area contributed by atoms with Crippen molar-refractivity contribution in [3.63, 3.8) is 0 Å². The van der Waals surface area contributed by atoms with E-state index in [-0.39, 0.29) is 11.9 Å². The van der Waals surface area contributed by atoms with Gasteiger partial charge in [0.2, 0.25) is 0 Å². The normalized spacial score (nSPS) is 12.2. The summed E-state index contributed by atoms with van der Waals surface area (Å²) < 4.78 is 7.36. The predicted octanol–water partition coefficient (Wildman–Crippen LogP) is 5.83. The first-order valence-electron chi connectivity index (χ1n) is 7.19. The van der Waals surface area contributed by atoms with E-state index in [1.807, 2.05) is 12.1 Å². The van der Waals surface area contributed by atoms with Crippen LogP contribution in [0, 0.1) is 0 Å². The number of carbonyl (C=O) groups excluding carboxylic acids is 1. The summed E-state index contributed by atoms with van der Waals surface area (Å²) in [6.07, 6.45) is 4.48. The highest BCUT2D eigenvalue weighted by Gasteiger charge is 2.18. The Morgan fingerprint density at radius 1 is 1.25 bits per heavy atom. The number of hydrogen-bond donors (Lipinski definition) is 0. The SMILES string of the molecule is CCCCOC(=O)CC(CCC)c1ccc(Br)cc1Br. The van der Waals surface area contributed by atoms with Crippen molar-refractivity contribution in [2.75, 3.05) is 6.61 Å². The van der Waals surface area contributed by atoms with E-state index in [1.54, 1.807) is 0 Å². The summed E-state index contributed by atoms with van der Waals surface area (Å²) in [5.74, 6) is 0.128. The second-order valence-corrected chi connectivity index (χ2v) is 6.70. The Hall–Kier alpha value is -0.350. The fraction of sp³-hybridized carbons (Fsp3) is 0.562. The number of halogens is 2. The second kappa shape index (κ2) is 9.56. The van der Waals surface area contributed by atoms with Crippen LogP contribution in [-0.2, 0) is 9.53 Å². The maximum absolute atomic E-state index is 11.9. The number of ether oxygens (including phenoxy) is 1. The highest BCUT2D eigenvalue weighted by molar-refractivity contribution is 9.11. The first-order chi connectivity index (χ1) is 9.58. The zero-order valence-corrected chi connectivity index (χ0v) is 15.3. The first kappa shape index (κ1) is 17.7. The smallest absolute Gasteiger partial charge is 0.306 e. The fourth-order valence-electron chi connectivity index (χ4n) is 2.14. The Kier molecular flexibility index (Phi) is 8.46. The summed E-state index contributed by atoms with van der Waals surface area (Å²) >= 11 is 7.05. The van der Waals surface area contributed by atoms with E-state index in [2.05, 4.69) is 51.8 Å². The number of hydrogen-bond acceptors (Lipinski definition) is 2. The quantitative estimate of drug-likeness (QED) is 0.401. The van der Waals surface area contributed by atoms with Gasteiger partial charge < -0.3 is 4.74 Å². The van der Waals surface area contributed by atoms with E-state index in [0.717, 1.165) is 34.6 Å². The van der Waals surface area contributed by atoms with Crippen molar-refractivity contribution in [2.24, 2.45) is 0 Å². The summed E-state index contributed by atoms with van der Waals surface area (Å²) in [6.45, 7) is 4.77. The van der Waals surface area contributed by atoms with E-state index in [0.29, 0.717) is 13.0 Å². The van der Waals surface area contributed by atoms with E-state index < -0.39 is 0 Å². The molecule has 20 heavy (non-hydrogen) atoms. The van der Waals surface area contributed by atoms with Crippen LogP contribution in [0.4, 0.5) is 0 Å². The van der Waals surface area contributed by atoms with Crippen LogP contribution < -0.4 is 0 Å². The Morgan fingerprint density at radius 3 is 2.60 bits per heavy atom. The van der Waals surface area contributed by atoms with Gasteiger partial charge in [0.15, 0.2) is 0 Å². The number of unbranched alkanes of at least 4 members (excludes halogenated alkanes) is 1. The molecule has 0 radical (unpaired) electrons. The Morgan fingerprint density at radius 2 is 2.00 bits per heavy atom. The Balaban J connectivity index is 2.70. The molecule has 1 rings (SSSR count). The lowest BCUT2D eigenvalue weighted by atomic mass is 9.91. The monoisotopic (exact) mass is 404 g/mol. The van der Waals surface area contributed by atoms with Crippen LogP contribution in [0.15, 0.2) is 27.1 Å². The summed E-state index contributed by atoms with van der Waals surface area (Å²) in [5, 5.41) is 0. The van der Waals surface area contributed by atoms with Crippen molar-refractivity contribution in [2.45, 2.75) is 51.9 Å². The average Bonchev–Trinajstić information content (AvgIpc) is 2.38. The van der Waals surface area contributed by atoms with Crippen LogP contribution in [-0.4, -0.2) is 12.6 Å². The molecule has 112 valence electrons. The van der Waals surface area contributed by atoms with Gasteiger partial charge in [0.25, 0.3) is 0 Å². The van der Waals surface area contributed by atoms with Crippen molar-refractivity contribution in [3.8, 4) is 0 Å². The molecule has 0 aliphatic carbocycles. The van der Waals surface area contributed by atoms with Gasteiger partial charge in [-0.05, 0) is 36.5 Å². The van der Waals surface area contributed by atoms with Crippen molar-refractivity contribution in [3.05, 3.63) is 32.7 Å². The Labute approximate surface area is 138 Å². The van der Waals surface area contributed by atoms with Gasteiger partial charge in [-0.3, -0.25) is 4.79 Å². The number of rotatable bonds is 8. The molecule has 0 heterocycles. The third-order valence-corrected chi connectivity index (χ3v) is 4.39. The van der Waals surface area contributed by atoms with Crippen molar-refractivity contribution in [1.29, 1.82) is 0 Å². The molecule has 0 N–H and O–H groups in total. The van der Waals surface area contributed by atoms with Crippen molar-refractivity contribution in [1.82, 2.24) is 0 Å². The largest absolute Gasteiger partial charge is 0.466 e. The van der Waals surface area contributed by atoms with Crippen molar-refractivity contribution >= 4 is 37.8 Å². The molecule has 1 atom stereocenters. The fourth-order valence-corrected chi connectivity index (χ4v) is 3.51. The average molecular weight is 406 g/mol. The minimum Gasteiger partial charge on any atom is -0.466 e. The molecule has 0 aromatic heterocycles. The molecule has 0 saturated heterocycles. The highest BCUT2D eigenvalue weighted by Crippen LogP contribution is 2.33. The third kappa shape index (κ3) is 5.96. The highest BCUT2D eigenvalue weighted by atomic mass is 79.9. The van der Waals surface area contributed by atoms with Crippen LogP contribution >= 0.6 is 31.9 Å². The zero-order chi connectivity index (χ0) is 15.0. The van der Waals surface area contributed by atoms with E-state index in [1.165, 1.54) is 5.56 Å². The molecule has 0 fully saturated rings. The number of benzene rings is 1. The summed E-state index contributed by atoms with van der Waals surface area (Å²) in [4.78, 5) is 11.9. The molecule has 0 amide bonds.